The van der Waals surface area contributed by atoms with Gasteiger partial charge < -0.3 is 20.5 Å². The number of hydrogen-bond donors (Lipinski definition) is 3. The molecule has 0 saturated heterocycles. The van der Waals surface area contributed by atoms with Gasteiger partial charge in [0.2, 0.25) is 5.91 Å². The van der Waals surface area contributed by atoms with Gasteiger partial charge in [-0.1, -0.05) is 12.1 Å². The van der Waals surface area contributed by atoms with Crippen molar-refractivity contribution in [2.24, 2.45) is 0 Å². The minimum atomic E-state index is -3.15. The van der Waals surface area contributed by atoms with Gasteiger partial charge in [0.1, 0.15) is 11.2 Å². The van der Waals surface area contributed by atoms with Crippen LogP contribution in [0.2, 0.25) is 0 Å². The number of hydrogen-bond acceptors (Lipinski definition) is 4. The number of ketones is 1. The fourth-order valence-electron chi connectivity index (χ4n) is 4.62. The first-order valence-corrected chi connectivity index (χ1v) is 10.8. The molecule has 1 fully saturated rings. The Labute approximate surface area is 197 Å². The van der Waals surface area contributed by atoms with Crippen molar-refractivity contribution >= 4 is 29.2 Å². The standard InChI is InChI=1S/C23H22F4N4O4/c1-28-21(35)22(10-23(26,27)11-22)30-20(34)17(32)14-9-16(31-7-3-6-15(14)31)19(33)29-13-5-2-4-12(8-13)18(24)25/h2,4-5,8-9,18H,3,6-7,10-11H2,1H3,(H,28,35)(H,29,33)(H,30,34). The van der Waals surface area contributed by atoms with E-state index in [4.69, 9.17) is 0 Å². The Kier molecular flexibility index (Phi) is 6.16. The molecule has 8 nitrogen and oxygen atoms in total. The van der Waals surface area contributed by atoms with Crippen molar-refractivity contribution in [2.75, 3.05) is 12.4 Å². The number of anilines is 1. The van der Waals surface area contributed by atoms with E-state index in [1.54, 1.807) is 4.57 Å². The second-order valence-corrected chi connectivity index (χ2v) is 8.68. The van der Waals surface area contributed by atoms with Crippen LogP contribution in [0.15, 0.2) is 30.3 Å². The third-order valence-corrected chi connectivity index (χ3v) is 6.22. The van der Waals surface area contributed by atoms with Gasteiger partial charge in [-0.25, -0.2) is 17.6 Å². The molecule has 1 aromatic heterocycles. The zero-order valence-electron chi connectivity index (χ0n) is 18.6. The van der Waals surface area contributed by atoms with Crippen LogP contribution in [0.1, 0.15) is 57.8 Å². The Balaban J connectivity index is 1.56. The van der Waals surface area contributed by atoms with Crippen molar-refractivity contribution in [1.82, 2.24) is 15.2 Å². The van der Waals surface area contributed by atoms with E-state index in [-0.39, 0.29) is 22.5 Å². The van der Waals surface area contributed by atoms with Crippen molar-refractivity contribution in [3.63, 3.8) is 0 Å². The molecule has 0 bridgehead atoms. The Morgan fingerprint density at radius 3 is 2.43 bits per heavy atom. The summed E-state index contributed by atoms with van der Waals surface area (Å²) in [6, 6.07) is 6.36. The maximum atomic E-state index is 13.5. The van der Waals surface area contributed by atoms with Crippen LogP contribution in [-0.2, 0) is 22.6 Å². The maximum Gasteiger partial charge on any atom is 0.293 e. The molecule has 3 N–H and O–H groups in total. The molecule has 0 radical (unpaired) electrons. The van der Waals surface area contributed by atoms with E-state index < -0.39 is 54.2 Å². The third kappa shape index (κ3) is 4.52. The Hall–Kier alpha value is -3.70. The molecule has 0 spiro atoms. The SMILES string of the molecule is CNC(=O)C1(NC(=O)C(=O)c2cc(C(=O)Nc3cccc(C(F)F)c3)n3c2CCC3)CC(F)(F)C1. The molecule has 1 aliphatic heterocycles. The number of amides is 3. The molecule has 3 amide bonds. The summed E-state index contributed by atoms with van der Waals surface area (Å²) in [5.41, 5.74) is -1.65. The summed E-state index contributed by atoms with van der Waals surface area (Å²) in [5.74, 6) is -6.95. The molecule has 186 valence electrons. The summed E-state index contributed by atoms with van der Waals surface area (Å²) >= 11 is 0. The average molecular weight is 494 g/mol. The van der Waals surface area contributed by atoms with Gasteiger partial charge in [-0.15, -0.1) is 0 Å². The quantitative estimate of drug-likeness (QED) is 0.313. The van der Waals surface area contributed by atoms with Crippen LogP contribution >= 0.6 is 0 Å². The van der Waals surface area contributed by atoms with Crippen molar-refractivity contribution in [3.8, 4) is 0 Å². The number of halogens is 4. The van der Waals surface area contributed by atoms with Crippen molar-refractivity contribution < 1.29 is 36.7 Å². The van der Waals surface area contributed by atoms with Gasteiger partial charge in [0.25, 0.3) is 29.9 Å². The lowest BCUT2D eigenvalue weighted by atomic mass is 9.72. The van der Waals surface area contributed by atoms with Gasteiger partial charge in [0.15, 0.2) is 0 Å². The van der Waals surface area contributed by atoms with Crippen LogP contribution in [-0.4, -0.2) is 46.6 Å². The highest BCUT2D eigenvalue weighted by Crippen LogP contribution is 2.45. The third-order valence-electron chi connectivity index (χ3n) is 6.22. The lowest BCUT2D eigenvalue weighted by Gasteiger charge is -2.45. The molecule has 2 aromatic rings. The van der Waals surface area contributed by atoms with Crippen LogP contribution in [0.3, 0.4) is 0 Å². The number of nitrogens with zero attached hydrogens (tertiary/aromatic N) is 1. The molecular weight excluding hydrogens is 472 g/mol. The largest absolute Gasteiger partial charge is 0.357 e. The number of alkyl halides is 4. The number of rotatable bonds is 7. The summed E-state index contributed by atoms with van der Waals surface area (Å²) in [4.78, 5) is 50.7. The smallest absolute Gasteiger partial charge is 0.293 e. The fourth-order valence-corrected chi connectivity index (χ4v) is 4.62. The lowest BCUT2D eigenvalue weighted by molar-refractivity contribution is -0.164. The molecule has 2 aliphatic rings. The first-order chi connectivity index (χ1) is 16.5. The molecule has 12 heteroatoms. The summed E-state index contributed by atoms with van der Waals surface area (Å²) in [6.07, 6.45) is -3.61. The highest BCUT2D eigenvalue weighted by Gasteiger charge is 2.62. The van der Waals surface area contributed by atoms with Crippen LogP contribution in [0.5, 0.6) is 0 Å². The predicted octanol–water partition coefficient (Wildman–Crippen LogP) is 2.84. The first kappa shape index (κ1) is 24.4. The number of carbonyl (C=O) groups is 4. The van der Waals surface area contributed by atoms with Gasteiger partial charge in [-0.3, -0.25) is 19.2 Å². The highest BCUT2D eigenvalue weighted by molar-refractivity contribution is 6.43. The second kappa shape index (κ2) is 8.82. The van der Waals surface area contributed by atoms with E-state index in [1.807, 2.05) is 0 Å². The van der Waals surface area contributed by atoms with E-state index in [2.05, 4.69) is 16.0 Å². The van der Waals surface area contributed by atoms with Crippen molar-refractivity contribution in [3.05, 3.63) is 52.8 Å². The number of Topliss-reactive ketones (excluding diaryl/α,β-unsaturated/α-hetero) is 1. The molecule has 1 aromatic carbocycles. The number of carbonyl (C=O) groups excluding carboxylic acids is 4. The van der Waals surface area contributed by atoms with Crippen LogP contribution in [0.25, 0.3) is 0 Å². The number of fused-ring (bicyclic) bond motifs is 1. The normalized spacial score (nSPS) is 17.3. The Morgan fingerprint density at radius 2 is 1.80 bits per heavy atom. The molecule has 35 heavy (non-hydrogen) atoms. The van der Waals surface area contributed by atoms with Crippen LogP contribution < -0.4 is 16.0 Å². The molecule has 1 aliphatic carbocycles. The lowest BCUT2D eigenvalue weighted by Crippen LogP contribution is -2.69. The molecule has 1 saturated carbocycles. The monoisotopic (exact) mass is 494 g/mol. The van der Waals surface area contributed by atoms with E-state index in [0.717, 1.165) is 6.07 Å². The molecule has 0 atom stereocenters. The summed E-state index contributed by atoms with van der Waals surface area (Å²) in [5, 5.41) is 6.89. The van der Waals surface area contributed by atoms with E-state index in [9.17, 15) is 36.7 Å². The van der Waals surface area contributed by atoms with Crippen molar-refractivity contribution in [1.29, 1.82) is 0 Å². The molecule has 0 unspecified atom stereocenters. The number of nitrogens with one attached hydrogen (secondary N) is 3. The minimum absolute atomic E-state index is 0.0484. The van der Waals surface area contributed by atoms with E-state index in [1.165, 1.54) is 31.3 Å². The Bertz CT molecular complexity index is 1220. The number of likely N-dealkylation sites (N-methyl/N-ethyl adjacent to an activating group) is 1. The average Bonchev–Trinajstić information content (AvgIpc) is 3.39. The highest BCUT2D eigenvalue weighted by atomic mass is 19.3. The predicted molar refractivity (Wildman–Crippen MR) is 116 cm³/mol. The van der Waals surface area contributed by atoms with Gasteiger partial charge in [-0.05, 0) is 31.0 Å². The molecule has 4 rings (SSSR count). The van der Waals surface area contributed by atoms with E-state index >= 15 is 0 Å². The molecular formula is C23H22F4N4O4. The topological polar surface area (TPSA) is 109 Å². The van der Waals surface area contributed by atoms with E-state index in [0.29, 0.717) is 25.1 Å². The second-order valence-electron chi connectivity index (χ2n) is 8.68. The first-order valence-electron chi connectivity index (χ1n) is 10.8. The fraction of sp³-hybridized carbons (Fsp3) is 0.391. The zero-order valence-corrected chi connectivity index (χ0v) is 18.6. The Morgan fingerprint density at radius 1 is 1.09 bits per heavy atom. The number of aromatic nitrogens is 1. The van der Waals surface area contributed by atoms with Gasteiger partial charge in [-0.2, -0.15) is 0 Å². The van der Waals surface area contributed by atoms with Crippen LogP contribution in [0, 0.1) is 0 Å². The zero-order chi connectivity index (χ0) is 25.5. The summed E-state index contributed by atoms with van der Waals surface area (Å²) in [6.45, 7) is 0.387. The van der Waals surface area contributed by atoms with Crippen LogP contribution in [0.4, 0.5) is 23.2 Å². The minimum Gasteiger partial charge on any atom is -0.357 e. The van der Waals surface area contributed by atoms with Gasteiger partial charge in [0.05, 0.1) is 0 Å². The maximum absolute atomic E-state index is 13.5. The summed E-state index contributed by atoms with van der Waals surface area (Å²) in [7, 11) is 1.23. The van der Waals surface area contributed by atoms with Gasteiger partial charge >= 0.3 is 0 Å². The number of benzene rings is 1. The van der Waals surface area contributed by atoms with Crippen molar-refractivity contribution in [2.45, 2.75) is 50.1 Å². The van der Waals surface area contributed by atoms with Gasteiger partial charge in [0, 0.05) is 48.9 Å². The molecule has 2 heterocycles. The summed E-state index contributed by atoms with van der Waals surface area (Å²) < 4.78 is 54.5.